The first kappa shape index (κ1) is 16.5. The van der Waals surface area contributed by atoms with Gasteiger partial charge in [0.2, 0.25) is 0 Å². The van der Waals surface area contributed by atoms with Crippen LogP contribution in [0.3, 0.4) is 0 Å². The van der Waals surface area contributed by atoms with Crippen LogP contribution < -0.4 is 4.74 Å². The summed E-state index contributed by atoms with van der Waals surface area (Å²) in [5, 5.41) is 9.23. The largest absolute Gasteiger partial charge is 0.497 e. The van der Waals surface area contributed by atoms with E-state index in [0.29, 0.717) is 30.6 Å². The summed E-state index contributed by atoms with van der Waals surface area (Å²) >= 11 is 0. The first-order chi connectivity index (χ1) is 9.40. The van der Waals surface area contributed by atoms with Gasteiger partial charge in [0.15, 0.2) is 9.84 Å². The van der Waals surface area contributed by atoms with E-state index < -0.39 is 21.2 Å². The van der Waals surface area contributed by atoms with Crippen LogP contribution >= 0.6 is 0 Å². The second-order valence-electron chi connectivity index (χ2n) is 4.69. The number of hydrogen-bond donors (Lipinski definition) is 1. The molecule has 2 atom stereocenters. The molecule has 2 unspecified atom stereocenters. The zero-order valence-corrected chi connectivity index (χ0v) is 12.6. The zero-order chi connectivity index (χ0) is 15.2. The van der Waals surface area contributed by atoms with Gasteiger partial charge in [0.25, 0.3) is 0 Å². The van der Waals surface area contributed by atoms with Gasteiger partial charge in [-0.2, -0.15) is 0 Å². The average molecular weight is 296 g/mol. The third-order valence-electron chi connectivity index (χ3n) is 3.08. The monoisotopic (exact) mass is 296 g/mol. The number of terminal acetylenes is 1. The van der Waals surface area contributed by atoms with Crippen LogP contribution in [0.25, 0.3) is 0 Å². The van der Waals surface area contributed by atoms with Gasteiger partial charge in [0.1, 0.15) is 11.0 Å². The number of sulfone groups is 1. The van der Waals surface area contributed by atoms with Gasteiger partial charge in [0.05, 0.1) is 13.2 Å². The first-order valence-corrected chi connectivity index (χ1v) is 8.30. The van der Waals surface area contributed by atoms with Crippen molar-refractivity contribution in [3.05, 3.63) is 29.8 Å². The second kappa shape index (κ2) is 7.32. The van der Waals surface area contributed by atoms with Crippen molar-refractivity contribution < 1.29 is 18.3 Å². The van der Waals surface area contributed by atoms with Gasteiger partial charge in [-0.15, -0.1) is 12.3 Å². The van der Waals surface area contributed by atoms with Crippen LogP contribution in [0.1, 0.15) is 30.1 Å². The molecule has 0 saturated carbocycles. The highest BCUT2D eigenvalue weighted by Crippen LogP contribution is 2.29. The maximum Gasteiger partial charge on any atom is 0.157 e. The first-order valence-electron chi connectivity index (χ1n) is 6.34. The molecule has 0 radical (unpaired) electrons. The topological polar surface area (TPSA) is 63.6 Å². The Balaban J connectivity index is 2.97. The van der Waals surface area contributed by atoms with Gasteiger partial charge in [0, 0.05) is 12.7 Å². The lowest BCUT2D eigenvalue weighted by Crippen LogP contribution is -2.25. The Morgan fingerprint density at radius 3 is 2.40 bits per heavy atom. The molecule has 1 rings (SSSR count). The van der Waals surface area contributed by atoms with Gasteiger partial charge >= 0.3 is 0 Å². The number of aliphatic hydroxyl groups is 1. The molecule has 5 heteroatoms. The summed E-state index contributed by atoms with van der Waals surface area (Å²) in [5.74, 6) is 3.12. The molecule has 0 aromatic heterocycles. The van der Waals surface area contributed by atoms with Gasteiger partial charge in [-0.3, -0.25) is 0 Å². The van der Waals surface area contributed by atoms with Crippen molar-refractivity contribution in [2.75, 3.05) is 13.4 Å². The van der Waals surface area contributed by atoms with Crippen LogP contribution in [-0.2, 0) is 9.84 Å². The summed E-state index contributed by atoms with van der Waals surface area (Å²) in [6.07, 6.45) is 6.80. The molecule has 0 fully saturated rings. The van der Waals surface area contributed by atoms with E-state index in [1.807, 2.05) is 0 Å². The van der Waals surface area contributed by atoms with E-state index in [9.17, 15) is 13.5 Å². The third kappa shape index (κ3) is 4.55. The number of unbranched alkanes of at least 4 members (excludes halogenated alkanes) is 1. The molecule has 0 amide bonds. The SMILES string of the molecule is C#CCCCC(O)C(c1ccc(OC)cc1)S(C)(=O)=O. The summed E-state index contributed by atoms with van der Waals surface area (Å²) in [7, 11) is -1.88. The van der Waals surface area contributed by atoms with Crippen molar-refractivity contribution in [1.82, 2.24) is 0 Å². The normalized spacial score (nSPS) is 14.3. The quantitative estimate of drug-likeness (QED) is 0.617. The maximum absolute atomic E-state index is 11.9. The van der Waals surface area contributed by atoms with Crippen molar-refractivity contribution in [2.45, 2.75) is 30.6 Å². The van der Waals surface area contributed by atoms with E-state index in [-0.39, 0.29) is 0 Å². The van der Waals surface area contributed by atoms with Crippen molar-refractivity contribution >= 4 is 9.84 Å². The minimum absolute atomic E-state index is 0.355. The van der Waals surface area contributed by atoms with E-state index >= 15 is 0 Å². The molecular weight excluding hydrogens is 276 g/mol. The number of benzene rings is 1. The van der Waals surface area contributed by atoms with E-state index in [1.54, 1.807) is 24.3 Å². The van der Waals surface area contributed by atoms with Crippen molar-refractivity contribution in [1.29, 1.82) is 0 Å². The molecule has 1 aromatic rings. The predicted molar refractivity (Wildman–Crippen MR) is 79.3 cm³/mol. The molecule has 1 aromatic carbocycles. The highest BCUT2D eigenvalue weighted by Gasteiger charge is 2.30. The fourth-order valence-corrected chi connectivity index (χ4v) is 3.47. The van der Waals surface area contributed by atoms with Crippen LogP contribution in [0, 0.1) is 12.3 Å². The minimum atomic E-state index is -3.42. The predicted octanol–water partition coefficient (Wildman–Crippen LogP) is 1.95. The molecule has 20 heavy (non-hydrogen) atoms. The standard InChI is InChI=1S/C15H20O4S/c1-4-5-6-7-14(16)15(20(3,17)18)12-8-10-13(19-2)11-9-12/h1,8-11,14-16H,5-7H2,2-3H3. The Hall–Kier alpha value is -1.51. The van der Waals surface area contributed by atoms with Crippen LogP contribution in [0.2, 0.25) is 0 Å². The Labute approximate surface area is 120 Å². The lowest BCUT2D eigenvalue weighted by molar-refractivity contribution is 0.156. The molecule has 0 aliphatic heterocycles. The molecule has 0 heterocycles. The van der Waals surface area contributed by atoms with Crippen molar-refractivity contribution in [3.8, 4) is 18.1 Å². The summed E-state index contributed by atoms with van der Waals surface area (Å²) in [6.45, 7) is 0. The summed E-state index contributed by atoms with van der Waals surface area (Å²) in [5.41, 5.74) is 0.557. The number of rotatable bonds is 7. The maximum atomic E-state index is 11.9. The van der Waals surface area contributed by atoms with Crippen molar-refractivity contribution in [2.24, 2.45) is 0 Å². The van der Waals surface area contributed by atoms with E-state index in [1.165, 1.54) is 7.11 Å². The lowest BCUT2D eigenvalue weighted by atomic mass is 10.0. The Morgan fingerprint density at radius 2 is 1.95 bits per heavy atom. The van der Waals surface area contributed by atoms with Gasteiger partial charge in [-0.1, -0.05) is 12.1 Å². The van der Waals surface area contributed by atoms with Gasteiger partial charge < -0.3 is 9.84 Å². The Kier molecular flexibility index (Phi) is 6.05. The van der Waals surface area contributed by atoms with Crippen LogP contribution in [-0.4, -0.2) is 33.0 Å². The Bertz CT molecular complexity index is 555. The average Bonchev–Trinajstić information content (AvgIpc) is 2.38. The number of ether oxygens (including phenoxy) is 1. The van der Waals surface area contributed by atoms with E-state index in [0.717, 1.165) is 6.26 Å². The minimum Gasteiger partial charge on any atom is -0.497 e. The fourth-order valence-electron chi connectivity index (χ4n) is 2.11. The number of methoxy groups -OCH3 is 1. The summed E-state index contributed by atoms with van der Waals surface area (Å²) in [4.78, 5) is 0. The number of hydrogen-bond acceptors (Lipinski definition) is 4. The molecule has 0 aliphatic carbocycles. The molecule has 4 nitrogen and oxygen atoms in total. The van der Waals surface area contributed by atoms with Gasteiger partial charge in [-0.05, 0) is 30.5 Å². The highest BCUT2D eigenvalue weighted by atomic mass is 32.2. The number of aliphatic hydroxyl groups excluding tert-OH is 1. The molecule has 0 spiro atoms. The highest BCUT2D eigenvalue weighted by molar-refractivity contribution is 7.91. The third-order valence-corrected chi connectivity index (χ3v) is 4.58. The zero-order valence-electron chi connectivity index (χ0n) is 11.7. The van der Waals surface area contributed by atoms with E-state index in [2.05, 4.69) is 5.92 Å². The van der Waals surface area contributed by atoms with E-state index in [4.69, 9.17) is 11.2 Å². The molecular formula is C15H20O4S. The smallest absolute Gasteiger partial charge is 0.157 e. The second-order valence-corrected chi connectivity index (χ2v) is 6.85. The molecule has 0 bridgehead atoms. The molecule has 0 saturated heterocycles. The molecule has 0 aliphatic rings. The van der Waals surface area contributed by atoms with Crippen LogP contribution in [0.5, 0.6) is 5.75 Å². The van der Waals surface area contributed by atoms with Gasteiger partial charge in [-0.25, -0.2) is 8.42 Å². The van der Waals surface area contributed by atoms with Crippen LogP contribution in [0.15, 0.2) is 24.3 Å². The van der Waals surface area contributed by atoms with Crippen LogP contribution in [0.4, 0.5) is 0 Å². The molecule has 1 N–H and O–H groups in total. The summed E-state index contributed by atoms with van der Waals surface area (Å²) in [6, 6.07) is 6.69. The Morgan fingerprint density at radius 1 is 1.35 bits per heavy atom. The summed E-state index contributed by atoms with van der Waals surface area (Å²) < 4.78 is 28.9. The molecule has 110 valence electrons. The fraction of sp³-hybridized carbons (Fsp3) is 0.467. The lowest BCUT2D eigenvalue weighted by Gasteiger charge is -2.21. The van der Waals surface area contributed by atoms with Crippen molar-refractivity contribution in [3.63, 3.8) is 0 Å².